The lowest BCUT2D eigenvalue weighted by Gasteiger charge is -2.07. The van der Waals surface area contributed by atoms with Crippen molar-refractivity contribution in [1.82, 2.24) is 0 Å². The number of nitrogens with two attached hydrogens (primary N) is 1. The second kappa shape index (κ2) is 6.43. The summed E-state index contributed by atoms with van der Waals surface area (Å²) in [4.78, 5) is 0.0720. The molecule has 3 rings (SSSR count). The lowest BCUT2D eigenvalue weighted by atomic mass is 10.0. The van der Waals surface area contributed by atoms with Crippen LogP contribution in [0.5, 0.6) is 0 Å². The SMILES string of the molecule is C/C(=N/Nc1ccc(S(N)(=O)=O)cc1)c1cccc2ccccc12. The van der Waals surface area contributed by atoms with Crippen LogP contribution >= 0.6 is 0 Å². The van der Waals surface area contributed by atoms with Crippen LogP contribution in [-0.4, -0.2) is 14.1 Å². The molecule has 0 spiro atoms. The van der Waals surface area contributed by atoms with Crippen LogP contribution in [0.25, 0.3) is 10.8 Å². The van der Waals surface area contributed by atoms with Gasteiger partial charge in [-0.25, -0.2) is 13.6 Å². The van der Waals surface area contributed by atoms with Crippen LogP contribution in [-0.2, 0) is 10.0 Å². The number of nitrogens with zero attached hydrogens (tertiary/aromatic N) is 1. The van der Waals surface area contributed by atoms with E-state index >= 15 is 0 Å². The molecule has 0 atom stereocenters. The van der Waals surface area contributed by atoms with Crippen molar-refractivity contribution >= 4 is 32.2 Å². The molecule has 0 unspecified atom stereocenters. The monoisotopic (exact) mass is 339 g/mol. The molecular formula is C18H17N3O2S. The van der Waals surface area contributed by atoms with E-state index in [9.17, 15) is 8.42 Å². The van der Waals surface area contributed by atoms with Crippen LogP contribution in [0.15, 0.2) is 76.7 Å². The quantitative estimate of drug-likeness (QED) is 0.565. The summed E-state index contributed by atoms with van der Waals surface area (Å²) in [6, 6.07) is 20.3. The van der Waals surface area contributed by atoms with Crippen molar-refractivity contribution in [3.63, 3.8) is 0 Å². The third-order valence-electron chi connectivity index (χ3n) is 3.71. The van der Waals surface area contributed by atoms with E-state index in [-0.39, 0.29) is 4.90 Å². The second-order valence-corrected chi connectivity index (χ2v) is 6.97. The van der Waals surface area contributed by atoms with Crippen molar-refractivity contribution in [1.29, 1.82) is 0 Å². The molecule has 24 heavy (non-hydrogen) atoms. The number of sulfonamides is 1. The van der Waals surface area contributed by atoms with Gasteiger partial charge in [0.25, 0.3) is 0 Å². The van der Waals surface area contributed by atoms with Crippen LogP contribution in [0.3, 0.4) is 0 Å². The fourth-order valence-electron chi connectivity index (χ4n) is 2.47. The molecule has 0 aliphatic carbocycles. The molecule has 5 nitrogen and oxygen atoms in total. The van der Waals surface area contributed by atoms with Gasteiger partial charge in [-0.05, 0) is 42.0 Å². The van der Waals surface area contributed by atoms with Gasteiger partial charge in [-0.1, -0.05) is 42.5 Å². The van der Waals surface area contributed by atoms with E-state index in [2.05, 4.69) is 28.7 Å². The maximum absolute atomic E-state index is 11.2. The largest absolute Gasteiger partial charge is 0.278 e. The predicted octanol–water partition coefficient (Wildman–Crippen LogP) is 3.32. The van der Waals surface area contributed by atoms with Gasteiger partial charge in [0.2, 0.25) is 10.0 Å². The van der Waals surface area contributed by atoms with E-state index < -0.39 is 10.0 Å². The molecule has 0 bridgehead atoms. The van der Waals surface area contributed by atoms with Crippen molar-refractivity contribution < 1.29 is 8.42 Å². The normalized spacial score (nSPS) is 12.3. The van der Waals surface area contributed by atoms with E-state index in [0.717, 1.165) is 22.0 Å². The van der Waals surface area contributed by atoms with Crippen molar-refractivity contribution in [3.05, 3.63) is 72.3 Å². The summed E-state index contributed by atoms with van der Waals surface area (Å²) in [5, 5.41) is 11.8. The Balaban J connectivity index is 1.86. The summed E-state index contributed by atoms with van der Waals surface area (Å²) in [5.74, 6) is 0. The van der Waals surface area contributed by atoms with Crippen molar-refractivity contribution in [2.45, 2.75) is 11.8 Å². The van der Waals surface area contributed by atoms with Crippen molar-refractivity contribution in [3.8, 4) is 0 Å². The topological polar surface area (TPSA) is 84.5 Å². The number of rotatable bonds is 4. The van der Waals surface area contributed by atoms with E-state index in [0.29, 0.717) is 5.69 Å². The van der Waals surface area contributed by atoms with Crippen LogP contribution in [0.4, 0.5) is 5.69 Å². The fraction of sp³-hybridized carbons (Fsp3) is 0.0556. The summed E-state index contributed by atoms with van der Waals surface area (Å²) >= 11 is 0. The molecule has 0 radical (unpaired) electrons. The molecule has 0 aliphatic rings. The van der Waals surface area contributed by atoms with Gasteiger partial charge in [0.1, 0.15) is 0 Å². The zero-order chi connectivity index (χ0) is 17.2. The number of primary sulfonamides is 1. The van der Waals surface area contributed by atoms with Crippen molar-refractivity contribution in [2.75, 3.05) is 5.43 Å². The summed E-state index contributed by atoms with van der Waals surface area (Å²) in [7, 11) is -3.68. The molecule has 0 saturated heterocycles. The van der Waals surface area contributed by atoms with Gasteiger partial charge in [0.15, 0.2) is 0 Å². The molecule has 3 aromatic rings. The highest BCUT2D eigenvalue weighted by molar-refractivity contribution is 7.89. The molecular weight excluding hydrogens is 322 g/mol. The first-order chi connectivity index (χ1) is 11.4. The predicted molar refractivity (Wildman–Crippen MR) is 97.6 cm³/mol. The first kappa shape index (κ1) is 16.2. The number of nitrogens with one attached hydrogen (secondary N) is 1. The molecule has 3 aromatic carbocycles. The Morgan fingerprint density at radius 2 is 1.62 bits per heavy atom. The zero-order valence-corrected chi connectivity index (χ0v) is 13.9. The minimum Gasteiger partial charge on any atom is -0.278 e. The Labute approximate surface area is 140 Å². The van der Waals surface area contributed by atoms with Gasteiger partial charge in [0, 0.05) is 5.56 Å². The lowest BCUT2D eigenvalue weighted by molar-refractivity contribution is 0.598. The molecule has 0 aliphatic heterocycles. The molecule has 3 N–H and O–H groups in total. The minimum absolute atomic E-state index is 0.0720. The number of hydrogen-bond donors (Lipinski definition) is 2. The molecule has 122 valence electrons. The lowest BCUT2D eigenvalue weighted by Crippen LogP contribution is -2.11. The van der Waals surface area contributed by atoms with Crippen LogP contribution in [0.2, 0.25) is 0 Å². The van der Waals surface area contributed by atoms with Gasteiger partial charge in [-0.2, -0.15) is 5.10 Å². The van der Waals surface area contributed by atoms with Gasteiger partial charge in [-0.3, -0.25) is 5.43 Å². The van der Waals surface area contributed by atoms with E-state index in [1.54, 1.807) is 12.1 Å². The zero-order valence-electron chi connectivity index (χ0n) is 13.1. The highest BCUT2D eigenvalue weighted by Gasteiger charge is 2.07. The Morgan fingerprint density at radius 1 is 0.958 bits per heavy atom. The average Bonchev–Trinajstić information content (AvgIpc) is 2.59. The first-order valence-corrected chi connectivity index (χ1v) is 8.91. The molecule has 6 heteroatoms. The standard InChI is InChI=1S/C18H17N3O2S/c1-13(17-8-4-6-14-5-2-3-7-18(14)17)20-21-15-9-11-16(12-10-15)24(19,22)23/h2-12,21H,1H3,(H2,19,22,23)/b20-13-. The Hall–Kier alpha value is -2.70. The maximum Gasteiger partial charge on any atom is 0.238 e. The van der Waals surface area contributed by atoms with Crippen LogP contribution < -0.4 is 10.6 Å². The minimum atomic E-state index is -3.68. The Bertz CT molecular complexity index is 1000. The van der Waals surface area contributed by atoms with Crippen LogP contribution in [0, 0.1) is 0 Å². The third kappa shape index (κ3) is 3.45. The van der Waals surface area contributed by atoms with E-state index in [4.69, 9.17) is 5.14 Å². The van der Waals surface area contributed by atoms with E-state index in [1.807, 2.05) is 31.2 Å². The molecule has 0 fully saturated rings. The first-order valence-electron chi connectivity index (χ1n) is 7.36. The van der Waals surface area contributed by atoms with Gasteiger partial charge in [-0.15, -0.1) is 0 Å². The highest BCUT2D eigenvalue weighted by atomic mass is 32.2. The van der Waals surface area contributed by atoms with Gasteiger partial charge < -0.3 is 0 Å². The number of benzene rings is 3. The number of hydrogen-bond acceptors (Lipinski definition) is 4. The maximum atomic E-state index is 11.2. The average molecular weight is 339 g/mol. The number of hydrazone groups is 1. The van der Waals surface area contributed by atoms with Crippen molar-refractivity contribution in [2.24, 2.45) is 10.2 Å². The van der Waals surface area contributed by atoms with Gasteiger partial charge in [0.05, 0.1) is 16.3 Å². The van der Waals surface area contributed by atoms with Gasteiger partial charge >= 0.3 is 0 Å². The second-order valence-electron chi connectivity index (χ2n) is 5.41. The molecule has 0 aromatic heterocycles. The number of anilines is 1. The smallest absolute Gasteiger partial charge is 0.238 e. The molecule has 0 heterocycles. The summed E-state index contributed by atoms with van der Waals surface area (Å²) < 4.78 is 22.5. The number of fused-ring (bicyclic) bond motifs is 1. The fourth-order valence-corrected chi connectivity index (χ4v) is 2.98. The Kier molecular flexibility index (Phi) is 4.33. The molecule has 0 saturated carbocycles. The summed E-state index contributed by atoms with van der Waals surface area (Å²) in [6.45, 7) is 1.92. The van der Waals surface area contributed by atoms with E-state index in [1.165, 1.54) is 12.1 Å². The van der Waals surface area contributed by atoms with Crippen LogP contribution in [0.1, 0.15) is 12.5 Å². The third-order valence-corrected chi connectivity index (χ3v) is 4.64. The summed E-state index contributed by atoms with van der Waals surface area (Å²) in [6.07, 6.45) is 0. The summed E-state index contributed by atoms with van der Waals surface area (Å²) in [5.41, 5.74) is 5.50. The molecule has 0 amide bonds. The Morgan fingerprint density at radius 3 is 2.33 bits per heavy atom. The highest BCUT2D eigenvalue weighted by Crippen LogP contribution is 2.19.